The second-order valence-electron chi connectivity index (χ2n) is 6.12. The smallest absolute Gasteiger partial charge is 0.295 e. The Labute approximate surface area is 132 Å². The van der Waals surface area contributed by atoms with E-state index in [2.05, 4.69) is 0 Å². The SMILES string of the molecule is CC1=C(Sc2ccc(C(F)(F)F)cc2)C2CCC(CC1=O)C2. The lowest BCUT2D eigenvalue weighted by Crippen LogP contribution is -2.07. The van der Waals surface area contributed by atoms with E-state index in [1.54, 1.807) is 0 Å². The maximum absolute atomic E-state index is 12.6. The number of rotatable bonds is 2. The summed E-state index contributed by atoms with van der Waals surface area (Å²) in [5.41, 5.74) is 0.164. The van der Waals surface area contributed by atoms with Gasteiger partial charge in [-0.3, -0.25) is 4.79 Å². The fourth-order valence-corrected chi connectivity index (χ4v) is 4.53. The number of carbonyl (C=O) groups excluding carboxylic acids is 1. The van der Waals surface area contributed by atoms with Crippen LogP contribution in [0.15, 0.2) is 39.6 Å². The summed E-state index contributed by atoms with van der Waals surface area (Å²) >= 11 is 1.46. The average molecular weight is 326 g/mol. The zero-order valence-corrected chi connectivity index (χ0v) is 13.1. The Balaban J connectivity index is 1.84. The molecule has 2 bridgehead atoms. The number of hydrogen-bond acceptors (Lipinski definition) is 2. The molecular weight excluding hydrogens is 309 g/mol. The standard InChI is InChI=1S/C17H17F3OS/c1-10-15(21)9-11-2-3-12(8-11)16(10)22-14-6-4-13(5-7-14)17(18,19)20/h4-7,11-12H,2-3,8-9H2,1H3. The number of fused-ring (bicyclic) bond motifs is 2. The number of alkyl halides is 3. The van der Waals surface area contributed by atoms with Crippen molar-refractivity contribution in [2.75, 3.05) is 0 Å². The Kier molecular flexibility index (Phi) is 4.10. The molecule has 22 heavy (non-hydrogen) atoms. The highest BCUT2D eigenvalue weighted by molar-refractivity contribution is 8.03. The summed E-state index contributed by atoms with van der Waals surface area (Å²) in [7, 11) is 0. The van der Waals surface area contributed by atoms with Crippen LogP contribution in [0.1, 0.15) is 38.2 Å². The summed E-state index contributed by atoms with van der Waals surface area (Å²) in [5, 5.41) is 0. The summed E-state index contributed by atoms with van der Waals surface area (Å²) < 4.78 is 37.8. The Morgan fingerprint density at radius 2 is 1.82 bits per heavy atom. The van der Waals surface area contributed by atoms with Crippen molar-refractivity contribution in [1.29, 1.82) is 0 Å². The van der Waals surface area contributed by atoms with Gasteiger partial charge in [-0.25, -0.2) is 0 Å². The van der Waals surface area contributed by atoms with Gasteiger partial charge >= 0.3 is 6.18 Å². The fourth-order valence-electron chi connectivity index (χ4n) is 3.36. The summed E-state index contributed by atoms with van der Waals surface area (Å²) in [6.07, 6.45) is -0.486. The number of allylic oxidation sites excluding steroid dienone is 2. The minimum atomic E-state index is -4.31. The molecule has 0 saturated heterocycles. The molecule has 0 heterocycles. The molecule has 0 spiro atoms. The first-order valence-electron chi connectivity index (χ1n) is 7.43. The largest absolute Gasteiger partial charge is 0.416 e. The van der Waals surface area contributed by atoms with Crippen molar-refractivity contribution in [1.82, 2.24) is 0 Å². The molecule has 2 atom stereocenters. The van der Waals surface area contributed by atoms with Crippen LogP contribution in [0.5, 0.6) is 0 Å². The number of Topliss-reactive ketones (excluding diaryl/α,β-unsaturated/α-hetero) is 1. The summed E-state index contributed by atoms with van der Waals surface area (Å²) in [5.74, 6) is 1.07. The maximum Gasteiger partial charge on any atom is 0.416 e. The number of ketones is 1. The van der Waals surface area contributed by atoms with Crippen LogP contribution in [0.4, 0.5) is 13.2 Å². The van der Waals surface area contributed by atoms with Crippen LogP contribution < -0.4 is 0 Å². The molecule has 1 aromatic rings. The molecule has 1 saturated carbocycles. The first-order chi connectivity index (χ1) is 10.3. The van der Waals surface area contributed by atoms with E-state index in [0.717, 1.165) is 46.8 Å². The van der Waals surface area contributed by atoms with Crippen molar-refractivity contribution < 1.29 is 18.0 Å². The minimum Gasteiger partial charge on any atom is -0.295 e. The number of thioether (sulfide) groups is 1. The van der Waals surface area contributed by atoms with Gasteiger partial charge in [0.05, 0.1) is 5.56 Å². The van der Waals surface area contributed by atoms with Crippen molar-refractivity contribution in [2.24, 2.45) is 11.8 Å². The van der Waals surface area contributed by atoms with E-state index in [4.69, 9.17) is 0 Å². The topological polar surface area (TPSA) is 17.1 Å². The minimum absolute atomic E-state index is 0.196. The number of carbonyl (C=O) groups is 1. The highest BCUT2D eigenvalue weighted by Crippen LogP contribution is 2.48. The van der Waals surface area contributed by atoms with Crippen molar-refractivity contribution in [3.05, 3.63) is 40.3 Å². The van der Waals surface area contributed by atoms with Crippen LogP contribution >= 0.6 is 11.8 Å². The third-order valence-electron chi connectivity index (χ3n) is 4.58. The highest BCUT2D eigenvalue weighted by atomic mass is 32.2. The van der Waals surface area contributed by atoms with Crippen molar-refractivity contribution >= 4 is 17.5 Å². The van der Waals surface area contributed by atoms with E-state index in [1.165, 1.54) is 23.9 Å². The molecule has 118 valence electrons. The molecule has 1 fully saturated rings. The number of halogens is 3. The van der Waals surface area contributed by atoms with Gasteiger partial charge in [-0.2, -0.15) is 13.2 Å². The molecule has 2 unspecified atom stereocenters. The van der Waals surface area contributed by atoms with E-state index in [9.17, 15) is 18.0 Å². The molecule has 0 aliphatic heterocycles. The Bertz CT molecular complexity index is 616. The molecule has 1 aromatic carbocycles. The van der Waals surface area contributed by atoms with Gasteiger partial charge < -0.3 is 0 Å². The van der Waals surface area contributed by atoms with Gasteiger partial charge in [0, 0.05) is 16.9 Å². The summed E-state index contributed by atoms with van der Waals surface area (Å²) in [4.78, 5) is 14.0. The quantitative estimate of drug-likeness (QED) is 0.718. The van der Waals surface area contributed by atoms with E-state index in [-0.39, 0.29) is 5.78 Å². The number of hydrogen-bond donors (Lipinski definition) is 0. The second kappa shape index (κ2) is 5.76. The first-order valence-corrected chi connectivity index (χ1v) is 8.25. The molecule has 0 aromatic heterocycles. The summed E-state index contributed by atoms with van der Waals surface area (Å²) in [6.45, 7) is 1.86. The predicted octanol–water partition coefficient (Wildman–Crippen LogP) is 5.46. The van der Waals surface area contributed by atoms with Gasteiger partial charge in [-0.05, 0) is 67.2 Å². The van der Waals surface area contributed by atoms with Crippen LogP contribution in [0.3, 0.4) is 0 Å². The highest BCUT2D eigenvalue weighted by Gasteiger charge is 2.35. The second-order valence-corrected chi connectivity index (χ2v) is 7.23. The molecule has 1 nitrogen and oxygen atoms in total. The molecule has 0 N–H and O–H groups in total. The van der Waals surface area contributed by atoms with Crippen molar-refractivity contribution in [2.45, 2.75) is 43.7 Å². The fraction of sp³-hybridized carbons (Fsp3) is 0.471. The molecular formula is C17H17F3OS. The van der Waals surface area contributed by atoms with Crippen molar-refractivity contribution in [3.8, 4) is 0 Å². The van der Waals surface area contributed by atoms with Gasteiger partial charge in [0.25, 0.3) is 0 Å². The van der Waals surface area contributed by atoms with Crippen LogP contribution in [0, 0.1) is 11.8 Å². The molecule has 2 aliphatic rings. The molecule has 5 heteroatoms. The van der Waals surface area contributed by atoms with Crippen LogP contribution in [0.2, 0.25) is 0 Å². The van der Waals surface area contributed by atoms with E-state index in [1.807, 2.05) is 6.92 Å². The lowest BCUT2D eigenvalue weighted by Gasteiger charge is -2.16. The Hall–Kier alpha value is -1.23. The predicted molar refractivity (Wildman–Crippen MR) is 80.5 cm³/mol. The average Bonchev–Trinajstić information content (AvgIpc) is 2.87. The number of benzene rings is 1. The maximum atomic E-state index is 12.6. The zero-order valence-electron chi connectivity index (χ0n) is 12.2. The monoisotopic (exact) mass is 326 g/mol. The third-order valence-corrected chi connectivity index (χ3v) is 5.95. The normalized spacial score (nSPS) is 25.5. The van der Waals surface area contributed by atoms with Crippen molar-refractivity contribution in [3.63, 3.8) is 0 Å². The van der Waals surface area contributed by atoms with Crippen LogP contribution in [0.25, 0.3) is 0 Å². The molecule has 0 radical (unpaired) electrons. The van der Waals surface area contributed by atoms with E-state index >= 15 is 0 Å². The van der Waals surface area contributed by atoms with E-state index in [0.29, 0.717) is 18.3 Å². The molecule has 2 aliphatic carbocycles. The van der Waals surface area contributed by atoms with Gasteiger partial charge in [0.15, 0.2) is 5.78 Å². The van der Waals surface area contributed by atoms with Crippen LogP contribution in [-0.2, 0) is 11.0 Å². The lowest BCUT2D eigenvalue weighted by atomic mass is 9.99. The molecule has 0 amide bonds. The third kappa shape index (κ3) is 3.09. The van der Waals surface area contributed by atoms with Gasteiger partial charge in [0.2, 0.25) is 0 Å². The van der Waals surface area contributed by atoms with E-state index < -0.39 is 11.7 Å². The first kappa shape index (κ1) is 15.7. The summed E-state index contributed by atoms with van der Waals surface area (Å²) in [6, 6.07) is 5.20. The Morgan fingerprint density at radius 3 is 2.45 bits per heavy atom. The molecule has 3 rings (SSSR count). The van der Waals surface area contributed by atoms with Gasteiger partial charge in [0.1, 0.15) is 0 Å². The van der Waals surface area contributed by atoms with Gasteiger partial charge in [-0.15, -0.1) is 0 Å². The lowest BCUT2D eigenvalue weighted by molar-refractivity contribution is -0.137. The zero-order chi connectivity index (χ0) is 15.9. The Morgan fingerprint density at radius 1 is 1.14 bits per heavy atom. The van der Waals surface area contributed by atoms with Gasteiger partial charge in [-0.1, -0.05) is 11.8 Å². The van der Waals surface area contributed by atoms with Crippen LogP contribution in [-0.4, -0.2) is 5.78 Å².